The molecule has 6 heteroatoms. The summed E-state index contributed by atoms with van der Waals surface area (Å²) in [7, 11) is 1.57. The van der Waals surface area contributed by atoms with Crippen molar-refractivity contribution in [2.75, 3.05) is 13.7 Å². The van der Waals surface area contributed by atoms with E-state index >= 15 is 0 Å². The zero-order valence-corrected chi connectivity index (χ0v) is 10.2. The molecule has 0 saturated heterocycles. The van der Waals surface area contributed by atoms with Crippen LogP contribution in [0.25, 0.3) is 0 Å². The summed E-state index contributed by atoms with van der Waals surface area (Å²) in [6, 6.07) is -0.586. The number of carbonyl (C=O) groups excluding carboxylic acids is 1. The molecule has 0 radical (unpaired) electrons. The van der Waals surface area contributed by atoms with Gasteiger partial charge >= 0.3 is 12.0 Å². The Balaban J connectivity index is 2.28. The first-order valence-corrected chi connectivity index (χ1v) is 5.82. The maximum atomic E-state index is 11.5. The van der Waals surface area contributed by atoms with Gasteiger partial charge in [-0.05, 0) is 25.7 Å². The summed E-state index contributed by atoms with van der Waals surface area (Å²) in [6.07, 6.45) is 1.91. The van der Waals surface area contributed by atoms with Gasteiger partial charge in [0.2, 0.25) is 0 Å². The van der Waals surface area contributed by atoms with Crippen molar-refractivity contribution in [2.45, 2.75) is 38.3 Å². The van der Waals surface area contributed by atoms with E-state index in [4.69, 9.17) is 9.84 Å². The van der Waals surface area contributed by atoms with Gasteiger partial charge in [0.15, 0.2) is 0 Å². The lowest BCUT2D eigenvalue weighted by molar-refractivity contribution is -0.137. The van der Waals surface area contributed by atoms with Crippen molar-refractivity contribution in [1.29, 1.82) is 0 Å². The summed E-state index contributed by atoms with van der Waals surface area (Å²) in [5.74, 6) is -0.566. The molecule has 3 N–H and O–H groups in total. The summed E-state index contributed by atoms with van der Waals surface area (Å²) < 4.78 is 4.99. The van der Waals surface area contributed by atoms with Crippen LogP contribution in [-0.2, 0) is 9.53 Å². The maximum absolute atomic E-state index is 11.5. The van der Waals surface area contributed by atoms with Gasteiger partial charge in [0, 0.05) is 19.7 Å². The monoisotopic (exact) mass is 244 g/mol. The number of hydrogen-bond donors (Lipinski definition) is 3. The van der Waals surface area contributed by atoms with E-state index in [0.29, 0.717) is 12.5 Å². The van der Waals surface area contributed by atoms with Crippen molar-refractivity contribution in [2.24, 2.45) is 5.92 Å². The summed E-state index contributed by atoms with van der Waals surface area (Å²) in [5, 5.41) is 14.1. The van der Waals surface area contributed by atoms with Gasteiger partial charge in [-0.1, -0.05) is 0 Å². The molecular weight excluding hydrogens is 224 g/mol. The molecule has 0 aromatic carbocycles. The molecule has 2 unspecified atom stereocenters. The molecule has 1 rings (SSSR count). The van der Waals surface area contributed by atoms with E-state index in [2.05, 4.69) is 10.6 Å². The predicted molar refractivity (Wildman–Crippen MR) is 61.8 cm³/mol. The topological polar surface area (TPSA) is 87.7 Å². The first-order chi connectivity index (χ1) is 8.02. The summed E-state index contributed by atoms with van der Waals surface area (Å²) in [6.45, 7) is 2.25. The van der Waals surface area contributed by atoms with Crippen LogP contribution in [-0.4, -0.2) is 42.9 Å². The van der Waals surface area contributed by atoms with E-state index in [1.54, 1.807) is 7.11 Å². The molecule has 0 spiro atoms. The van der Waals surface area contributed by atoms with Gasteiger partial charge in [-0.25, -0.2) is 4.79 Å². The zero-order chi connectivity index (χ0) is 12.8. The summed E-state index contributed by atoms with van der Waals surface area (Å²) in [4.78, 5) is 22.2. The Bertz CT molecular complexity index is 279. The Hall–Kier alpha value is -1.30. The number of carboxylic acid groups (broad SMARTS) is 1. The lowest BCUT2D eigenvalue weighted by Crippen LogP contribution is -2.46. The van der Waals surface area contributed by atoms with E-state index in [9.17, 15) is 9.59 Å². The quantitative estimate of drug-likeness (QED) is 0.611. The number of carbonyl (C=O) groups is 2. The van der Waals surface area contributed by atoms with Gasteiger partial charge in [-0.2, -0.15) is 0 Å². The Labute approximate surface area is 101 Å². The second kappa shape index (κ2) is 6.44. The van der Waals surface area contributed by atoms with E-state index < -0.39 is 5.97 Å². The number of amides is 2. The van der Waals surface area contributed by atoms with Gasteiger partial charge in [0.25, 0.3) is 0 Å². The second-order valence-corrected chi connectivity index (χ2v) is 4.44. The lowest BCUT2D eigenvalue weighted by Gasteiger charge is -2.17. The van der Waals surface area contributed by atoms with Gasteiger partial charge in [-0.15, -0.1) is 0 Å². The van der Waals surface area contributed by atoms with Gasteiger partial charge in [-0.3, -0.25) is 4.79 Å². The van der Waals surface area contributed by atoms with Crippen LogP contribution in [0.4, 0.5) is 4.79 Å². The molecule has 0 heterocycles. The standard InChI is InChI=1S/C11H20N2O4/c1-7(17-2)6-12-11(16)13-9(5-10(14)15)8-3-4-8/h7-9H,3-6H2,1-2H3,(H,14,15)(H2,12,13,16). The highest BCUT2D eigenvalue weighted by Gasteiger charge is 2.33. The molecule has 0 bridgehead atoms. The van der Waals surface area contributed by atoms with E-state index in [-0.39, 0.29) is 24.6 Å². The van der Waals surface area contributed by atoms with Gasteiger partial charge in [0.1, 0.15) is 0 Å². The number of nitrogens with one attached hydrogen (secondary N) is 2. The van der Waals surface area contributed by atoms with Crippen LogP contribution in [0.3, 0.4) is 0 Å². The first-order valence-electron chi connectivity index (χ1n) is 5.82. The minimum absolute atomic E-state index is 0.0160. The van der Waals surface area contributed by atoms with Crippen molar-refractivity contribution in [3.63, 3.8) is 0 Å². The molecule has 1 fully saturated rings. The fraction of sp³-hybridized carbons (Fsp3) is 0.818. The SMILES string of the molecule is COC(C)CNC(=O)NC(CC(=O)O)C1CC1. The molecule has 1 saturated carbocycles. The normalized spacial score (nSPS) is 18.2. The summed E-state index contributed by atoms with van der Waals surface area (Å²) >= 11 is 0. The van der Waals surface area contributed by atoms with E-state index in [1.165, 1.54) is 0 Å². The fourth-order valence-electron chi connectivity index (χ4n) is 1.56. The minimum atomic E-state index is -0.882. The second-order valence-electron chi connectivity index (χ2n) is 4.44. The molecule has 17 heavy (non-hydrogen) atoms. The molecule has 98 valence electrons. The van der Waals surface area contributed by atoms with Crippen molar-refractivity contribution in [3.05, 3.63) is 0 Å². The Morgan fingerprint density at radius 1 is 1.47 bits per heavy atom. The van der Waals surface area contributed by atoms with E-state index in [0.717, 1.165) is 12.8 Å². The minimum Gasteiger partial charge on any atom is -0.481 e. The first kappa shape index (κ1) is 13.8. The van der Waals surface area contributed by atoms with Gasteiger partial charge < -0.3 is 20.5 Å². The predicted octanol–water partition coefficient (Wildman–Crippen LogP) is 0.574. The third kappa shape index (κ3) is 5.53. The molecule has 0 aromatic rings. The average molecular weight is 244 g/mol. The number of hydrogen-bond acceptors (Lipinski definition) is 3. The number of methoxy groups -OCH3 is 1. The largest absolute Gasteiger partial charge is 0.481 e. The smallest absolute Gasteiger partial charge is 0.315 e. The lowest BCUT2D eigenvalue weighted by atomic mass is 10.1. The molecule has 1 aliphatic rings. The number of carboxylic acids is 1. The van der Waals surface area contributed by atoms with Crippen LogP contribution >= 0.6 is 0 Å². The van der Waals surface area contributed by atoms with Crippen LogP contribution in [0, 0.1) is 5.92 Å². The molecule has 2 atom stereocenters. The Morgan fingerprint density at radius 2 is 2.12 bits per heavy atom. The van der Waals surface area contributed by atoms with Crippen LogP contribution in [0.2, 0.25) is 0 Å². The highest BCUT2D eigenvalue weighted by molar-refractivity contribution is 5.75. The van der Waals surface area contributed by atoms with Crippen molar-refractivity contribution < 1.29 is 19.4 Å². The number of ether oxygens (including phenoxy) is 1. The third-order valence-electron chi connectivity index (χ3n) is 2.85. The van der Waals surface area contributed by atoms with Crippen LogP contribution in [0.15, 0.2) is 0 Å². The number of rotatable bonds is 7. The van der Waals surface area contributed by atoms with Crippen LogP contribution in [0.5, 0.6) is 0 Å². The Morgan fingerprint density at radius 3 is 2.59 bits per heavy atom. The molecule has 1 aliphatic carbocycles. The molecule has 6 nitrogen and oxygen atoms in total. The van der Waals surface area contributed by atoms with Crippen LogP contribution in [0.1, 0.15) is 26.2 Å². The van der Waals surface area contributed by atoms with E-state index in [1.807, 2.05) is 6.92 Å². The average Bonchev–Trinajstić information content (AvgIpc) is 3.08. The molecule has 0 aromatic heterocycles. The summed E-state index contributed by atoms with van der Waals surface area (Å²) in [5.41, 5.74) is 0. The third-order valence-corrected chi connectivity index (χ3v) is 2.85. The molecular formula is C11H20N2O4. The maximum Gasteiger partial charge on any atom is 0.315 e. The molecule has 0 aliphatic heterocycles. The number of aliphatic carboxylic acids is 1. The van der Waals surface area contributed by atoms with Crippen molar-refractivity contribution in [3.8, 4) is 0 Å². The fourth-order valence-corrected chi connectivity index (χ4v) is 1.56. The van der Waals surface area contributed by atoms with Crippen LogP contribution < -0.4 is 10.6 Å². The highest BCUT2D eigenvalue weighted by atomic mass is 16.5. The molecule has 2 amide bonds. The van der Waals surface area contributed by atoms with Gasteiger partial charge in [0.05, 0.1) is 12.5 Å². The highest BCUT2D eigenvalue weighted by Crippen LogP contribution is 2.33. The Kier molecular flexibility index (Phi) is 5.21. The zero-order valence-electron chi connectivity index (χ0n) is 10.2. The number of urea groups is 1. The van der Waals surface area contributed by atoms with Crippen molar-refractivity contribution in [1.82, 2.24) is 10.6 Å². The van der Waals surface area contributed by atoms with Crippen molar-refractivity contribution >= 4 is 12.0 Å².